The lowest BCUT2D eigenvalue weighted by Gasteiger charge is -2.37. The summed E-state index contributed by atoms with van der Waals surface area (Å²) < 4.78 is 11.8. The fraction of sp³-hybridized carbons (Fsp3) is 0.500. The number of hydrogen-bond acceptors (Lipinski definition) is 8. The van der Waals surface area contributed by atoms with Gasteiger partial charge in [-0.2, -0.15) is 0 Å². The molecule has 1 heterocycles. The molecule has 290 valence electrons. The molecular formula is C38H53ClN6O8. The molecule has 0 bridgehead atoms. The van der Waals surface area contributed by atoms with Crippen LogP contribution in [0.15, 0.2) is 60.8 Å². The number of carboxylic acid groups (broad SMARTS) is 1. The first-order chi connectivity index (χ1) is 25.2. The topological polar surface area (TPSA) is 172 Å². The number of nitrogens with one attached hydrogen (secondary N) is 3. The van der Waals surface area contributed by atoms with E-state index in [1.807, 2.05) is 71.9 Å². The second kappa shape index (κ2) is 21.3. The number of nitrogens with zero attached hydrogens (tertiary/aromatic N) is 3. The lowest BCUT2D eigenvalue weighted by atomic mass is 10.0. The average Bonchev–Trinajstić information content (AvgIpc) is 3.11. The molecule has 14 nitrogen and oxygen atoms in total. The van der Waals surface area contributed by atoms with Crippen LogP contribution in [-0.4, -0.2) is 94.1 Å². The van der Waals surface area contributed by atoms with E-state index in [9.17, 15) is 24.3 Å². The van der Waals surface area contributed by atoms with E-state index in [0.29, 0.717) is 31.1 Å². The number of fused-ring (bicyclic) bond motifs is 1. The monoisotopic (exact) mass is 756 g/mol. The van der Waals surface area contributed by atoms with Crippen molar-refractivity contribution in [3.63, 3.8) is 0 Å². The number of hydroxylamine groups is 1. The molecule has 0 unspecified atom stereocenters. The second-order valence-corrected chi connectivity index (χ2v) is 13.8. The van der Waals surface area contributed by atoms with Gasteiger partial charge < -0.3 is 35.0 Å². The zero-order valence-corrected chi connectivity index (χ0v) is 32.2. The molecule has 1 aromatic heterocycles. The van der Waals surface area contributed by atoms with E-state index in [1.165, 1.54) is 4.90 Å². The van der Waals surface area contributed by atoms with Crippen molar-refractivity contribution in [3.05, 3.63) is 76.9 Å². The summed E-state index contributed by atoms with van der Waals surface area (Å²) in [4.78, 5) is 64.8. The minimum atomic E-state index is -1.04. The highest BCUT2D eigenvalue weighted by atomic mass is 35.5. The Kier molecular flexibility index (Phi) is 17.2. The number of benzene rings is 2. The summed E-state index contributed by atoms with van der Waals surface area (Å²) in [5.41, 5.74) is 3.90. The average molecular weight is 757 g/mol. The lowest BCUT2D eigenvalue weighted by molar-refractivity contribution is -0.180. The van der Waals surface area contributed by atoms with Crippen molar-refractivity contribution in [1.29, 1.82) is 0 Å². The number of halogens is 1. The van der Waals surface area contributed by atoms with Gasteiger partial charge in [-0.15, -0.1) is 0 Å². The van der Waals surface area contributed by atoms with Crippen LogP contribution in [0, 0.1) is 0 Å². The molecule has 2 aromatic carbocycles. The number of ether oxygens (including phenoxy) is 2. The van der Waals surface area contributed by atoms with Gasteiger partial charge in [-0.3, -0.25) is 19.4 Å². The third-order valence-corrected chi connectivity index (χ3v) is 8.67. The highest BCUT2D eigenvalue weighted by Crippen LogP contribution is 2.23. The Hall–Kier alpha value is -4.50. The number of rotatable bonds is 20. The minimum absolute atomic E-state index is 0.139. The van der Waals surface area contributed by atoms with Crippen LogP contribution in [0.4, 0.5) is 9.59 Å². The van der Waals surface area contributed by atoms with Gasteiger partial charge in [0.25, 0.3) is 0 Å². The molecule has 0 radical (unpaired) electrons. The Morgan fingerprint density at radius 3 is 2.28 bits per heavy atom. The van der Waals surface area contributed by atoms with E-state index in [1.54, 1.807) is 35.4 Å². The van der Waals surface area contributed by atoms with Crippen molar-refractivity contribution >= 4 is 46.4 Å². The van der Waals surface area contributed by atoms with Crippen LogP contribution in [0.2, 0.25) is 5.02 Å². The van der Waals surface area contributed by atoms with E-state index in [0.717, 1.165) is 22.0 Å². The first kappa shape index (κ1) is 42.9. The molecular weight excluding hydrogens is 704 g/mol. The highest BCUT2D eigenvalue weighted by molar-refractivity contribution is 6.30. The van der Waals surface area contributed by atoms with Crippen molar-refractivity contribution < 1.29 is 38.6 Å². The van der Waals surface area contributed by atoms with Crippen LogP contribution in [0.25, 0.3) is 10.9 Å². The number of urea groups is 1. The standard InChI is InChI=1S/C38H53ClN6O8/c1-7-51-35(52-8-2)26(3)44(24-29-14-11-13-28-15-12-21-40-33(28)29)34(47)31(16-9-10-22-45(37(49)50)38(4,5)6)42-32(46)25-53-43-36(48)41-23-27-17-19-30(39)20-18-27/h11-15,17-21,26,31,35H,7-10,16,22-25H2,1-6H3,(H,42,46)(H,49,50)(H2,41,43,48)/t26-,31-/m0/s1. The summed E-state index contributed by atoms with van der Waals surface area (Å²) in [6, 6.07) is 14.2. The molecule has 0 aliphatic rings. The minimum Gasteiger partial charge on any atom is -0.465 e. The Bertz CT molecular complexity index is 1630. The maximum Gasteiger partial charge on any atom is 0.407 e. The fourth-order valence-electron chi connectivity index (χ4n) is 5.72. The third-order valence-electron chi connectivity index (χ3n) is 8.42. The van der Waals surface area contributed by atoms with Gasteiger partial charge in [-0.05, 0) is 90.1 Å². The molecule has 0 saturated carbocycles. The van der Waals surface area contributed by atoms with Crippen molar-refractivity contribution in [2.75, 3.05) is 26.4 Å². The molecule has 0 saturated heterocycles. The molecule has 15 heteroatoms. The van der Waals surface area contributed by atoms with Gasteiger partial charge in [0.1, 0.15) is 6.04 Å². The van der Waals surface area contributed by atoms with Crippen molar-refractivity contribution in [2.24, 2.45) is 0 Å². The molecule has 3 aromatic rings. The van der Waals surface area contributed by atoms with Gasteiger partial charge >= 0.3 is 12.1 Å². The molecule has 5 amide bonds. The molecule has 4 N–H and O–H groups in total. The normalized spacial score (nSPS) is 12.6. The number of unbranched alkanes of at least 4 members (excludes halogenated alkanes) is 1. The van der Waals surface area contributed by atoms with Gasteiger partial charge in [0, 0.05) is 55.0 Å². The largest absolute Gasteiger partial charge is 0.465 e. The molecule has 0 aliphatic carbocycles. The van der Waals surface area contributed by atoms with Gasteiger partial charge in [-0.25, -0.2) is 15.1 Å². The van der Waals surface area contributed by atoms with Gasteiger partial charge in [0.05, 0.1) is 11.6 Å². The maximum atomic E-state index is 14.6. The second-order valence-electron chi connectivity index (χ2n) is 13.4. The highest BCUT2D eigenvalue weighted by Gasteiger charge is 2.34. The van der Waals surface area contributed by atoms with E-state index in [-0.39, 0.29) is 26.1 Å². The number of hydrogen-bond donors (Lipinski definition) is 4. The van der Waals surface area contributed by atoms with Crippen LogP contribution >= 0.6 is 11.6 Å². The smallest absolute Gasteiger partial charge is 0.407 e. The SMILES string of the molecule is CCOC(OCC)[C@H](C)N(Cc1cccc2cccnc12)C(=O)[C@H](CCCCN(C(=O)O)C(C)(C)C)NC(=O)CONC(=O)NCc1ccc(Cl)cc1. The predicted octanol–water partition coefficient (Wildman–Crippen LogP) is 5.87. The molecule has 0 spiro atoms. The van der Waals surface area contributed by atoms with Crippen LogP contribution in [0.1, 0.15) is 71.9 Å². The zero-order chi connectivity index (χ0) is 39.0. The molecule has 0 aliphatic heterocycles. The number of pyridine rings is 1. The Morgan fingerprint density at radius 2 is 1.64 bits per heavy atom. The molecule has 2 atom stereocenters. The van der Waals surface area contributed by atoms with Crippen LogP contribution in [0.3, 0.4) is 0 Å². The van der Waals surface area contributed by atoms with Gasteiger partial charge in [0.2, 0.25) is 11.8 Å². The summed E-state index contributed by atoms with van der Waals surface area (Å²) in [5, 5.41) is 16.7. The van der Waals surface area contributed by atoms with Crippen molar-refractivity contribution in [1.82, 2.24) is 30.9 Å². The van der Waals surface area contributed by atoms with Gasteiger partial charge in [0.15, 0.2) is 12.9 Å². The first-order valence-electron chi connectivity index (χ1n) is 17.8. The van der Waals surface area contributed by atoms with Gasteiger partial charge in [-0.1, -0.05) is 48.0 Å². The van der Waals surface area contributed by atoms with Crippen LogP contribution in [0.5, 0.6) is 0 Å². The van der Waals surface area contributed by atoms with E-state index in [2.05, 4.69) is 21.1 Å². The summed E-state index contributed by atoms with van der Waals surface area (Å²) in [7, 11) is 0. The number of carbonyl (C=O) groups excluding carboxylic acids is 3. The molecule has 3 rings (SSSR count). The lowest BCUT2D eigenvalue weighted by Crippen LogP contribution is -2.55. The first-order valence-corrected chi connectivity index (χ1v) is 18.2. The van der Waals surface area contributed by atoms with E-state index in [4.69, 9.17) is 25.9 Å². The Morgan fingerprint density at radius 1 is 0.962 bits per heavy atom. The molecule has 0 fully saturated rings. The van der Waals surface area contributed by atoms with Crippen LogP contribution < -0.4 is 16.1 Å². The quantitative estimate of drug-likeness (QED) is 0.0626. The summed E-state index contributed by atoms with van der Waals surface area (Å²) in [6.07, 6.45) is 0.948. The summed E-state index contributed by atoms with van der Waals surface area (Å²) in [5.74, 6) is -1.04. The summed E-state index contributed by atoms with van der Waals surface area (Å²) >= 11 is 5.91. The number of carbonyl (C=O) groups is 4. The fourth-order valence-corrected chi connectivity index (χ4v) is 5.85. The number of para-hydroxylation sites is 1. The summed E-state index contributed by atoms with van der Waals surface area (Å²) in [6.45, 7) is 11.7. The number of aromatic nitrogens is 1. The van der Waals surface area contributed by atoms with E-state index < -0.39 is 54.5 Å². The molecule has 53 heavy (non-hydrogen) atoms. The third kappa shape index (κ3) is 13.8. The maximum absolute atomic E-state index is 14.6. The van der Waals surface area contributed by atoms with Crippen molar-refractivity contribution in [2.45, 2.75) is 97.8 Å². The van der Waals surface area contributed by atoms with E-state index >= 15 is 0 Å². The van der Waals surface area contributed by atoms with Crippen LogP contribution in [-0.2, 0) is 37.0 Å². The zero-order valence-electron chi connectivity index (χ0n) is 31.4. The predicted molar refractivity (Wildman–Crippen MR) is 202 cm³/mol. The van der Waals surface area contributed by atoms with Crippen molar-refractivity contribution in [3.8, 4) is 0 Å². The Labute approximate surface area is 316 Å². The number of amides is 5. The Balaban J connectivity index is 1.81.